The molecule has 296 valence electrons. The molecule has 0 spiro atoms. The number of carbonyl (C=O) groups excluding carboxylic acids is 4. The number of piperazine rings is 1. The molecule has 12 nitrogen and oxygen atoms in total. The zero-order chi connectivity index (χ0) is 38.3. The van der Waals surface area contributed by atoms with E-state index in [-0.39, 0.29) is 54.5 Å². The maximum Gasteiger partial charge on any atom is 0.256 e. The highest BCUT2D eigenvalue weighted by Crippen LogP contribution is 2.52. The van der Waals surface area contributed by atoms with E-state index in [1.807, 2.05) is 30.9 Å². The third-order valence-electron chi connectivity index (χ3n) is 13.8. The monoisotopic (exact) mass is 756 g/mol. The predicted octanol–water partition coefficient (Wildman–Crippen LogP) is 5.81. The lowest BCUT2D eigenvalue weighted by atomic mass is 9.70. The Bertz CT molecular complexity index is 1760. The van der Waals surface area contributed by atoms with E-state index in [4.69, 9.17) is 19.2 Å². The van der Waals surface area contributed by atoms with Crippen molar-refractivity contribution < 1.29 is 38.4 Å². The van der Waals surface area contributed by atoms with Gasteiger partial charge in [-0.05, 0) is 106 Å². The Labute approximate surface area is 323 Å². The normalized spacial score (nSPS) is 35.0. The molecule has 8 rings (SSSR count). The Balaban J connectivity index is 0.839. The molecule has 12 heteroatoms. The zero-order valence-electron chi connectivity index (χ0n) is 32.4. The number of piperidine rings is 1. The Morgan fingerprint density at radius 2 is 1.73 bits per heavy atom. The highest BCUT2D eigenvalue weighted by atomic mass is 17.2. The number of nitrogens with one attached hydrogen (secondary N) is 2. The Hall–Kier alpha value is -3.68. The molecule has 0 radical (unpaired) electrons. The van der Waals surface area contributed by atoms with E-state index in [9.17, 15) is 19.2 Å². The van der Waals surface area contributed by atoms with Gasteiger partial charge >= 0.3 is 0 Å². The first-order valence-electron chi connectivity index (χ1n) is 20.6. The summed E-state index contributed by atoms with van der Waals surface area (Å²) >= 11 is 0. The molecule has 1 saturated carbocycles. The zero-order valence-corrected chi connectivity index (χ0v) is 32.4. The van der Waals surface area contributed by atoms with E-state index in [2.05, 4.69) is 22.5 Å². The molecule has 2 aromatic carbocycles. The van der Waals surface area contributed by atoms with Gasteiger partial charge in [-0.25, -0.2) is 9.78 Å². The molecule has 0 aromatic heterocycles. The summed E-state index contributed by atoms with van der Waals surface area (Å²) in [5, 5.41) is 5.41. The molecule has 2 N–H and O–H groups in total. The summed E-state index contributed by atoms with van der Waals surface area (Å²) in [6.45, 7) is 9.93. The second-order valence-electron chi connectivity index (χ2n) is 16.9. The van der Waals surface area contributed by atoms with Crippen LogP contribution in [0.25, 0.3) is 0 Å². The van der Waals surface area contributed by atoms with Gasteiger partial charge in [-0.1, -0.05) is 44.5 Å². The Kier molecular flexibility index (Phi) is 10.9. The van der Waals surface area contributed by atoms with E-state index in [0.717, 1.165) is 50.9 Å². The molecule has 6 fully saturated rings. The number of fused-ring (bicyclic) bond motifs is 2. The molecule has 9 unspecified atom stereocenters. The van der Waals surface area contributed by atoms with E-state index in [0.29, 0.717) is 60.5 Å². The molecule has 55 heavy (non-hydrogen) atoms. The van der Waals surface area contributed by atoms with Gasteiger partial charge < -0.3 is 19.7 Å². The topological polar surface area (TPSA) is 136 Å². The van der Waals surface area contributed by atoms with Crippen molar-refractivity contribution in [2.24, 2.45) is 23.7 Å². The molecule has 5 heterocycles. The SMILES string of the molecule is CCC1(c2ccc(NC(=O)c3ccccc3C(=O)N3CCN(CCCC4OC5OC6(C)CCC7CCCC(C4C)C5C7OO6)CC3)cc2)CCC(=O)NC1=O. The van der Waals surface area contributed by atoms with E-state index in [1.54, 1.807) is 36.4 Å². The molecular formula is C43H56N4O8. The smallest absolute Gasteiger partial charge is 0.256 e. The van der Waals surface area contributed by atoms with Crippen LogP contribution in [0.2, 0.25) is 0 Å². The second kappa shape index (κ2) is 15.7. The third-order valence-corrected chi connectivity index (χ3v) is 13.8. The van der Waals surface area contributed by atoms with Crippen LogP contribution in [0.3, 0.4) is 0 Å². The van der Waals surface area contributed by atoms with Crippen molar-refractivity contribution >= 4 is 29.3 Å². The highest BCUT2D eigenvalue weighted by molar-refractivity contribution is 6.12. The van der Waals surface area contributed by atoms with Crippen LogP contribution >= 0.6 is 0 Å². The quantitative estimate of drug-likeness (QED) is 0.240. The number of hydrogen-bond acceptors (Lipinski definition) is 9. The molecule has 6 aliphatic rings. The first-order valence-corrected chi connectivity index (χ1v) is 20.6. The van der Waals surface area contributed by atoms with Crippen molar-refractivity contribution in [2.45, 2.75) is 115 Å². The van der Waals surface area contributed by atoms with Crippen LogP contribution in [-0.2, 0) is 34.3 Å². The fourth-order valence-electron chi connectivity index (χ4n) is 10.4. The summed E-state index contributed by atoms with van der Waals surface area (Å²) in [5.74, 6) is -0.222. The summed E-state index contributed by atoms with van der Waals surface area (Å²) in [7, 11) is 0. The molecule has 9 atom stereocenters. The van der Waals surface area contributed by atoms with Crippen LogP contribution in [0, 0.1) is 23.7 Å². The van der Waals surface area contributed by atoms with Gasteiger partial charge in [0.15, 0.2) is 6.29 Å². The van der Waals surface area contributed by atoms with Crippen LogP contribution in [0.5, 0.6) is 0 Å². The maximum absolute atomic E-state index is 13.8. The number of amides is 4. The van der Waals surface area contributed by atoms with E-state index >= 15 is 0 Å². The van der Waals surface area contributed by atoms with Gasteiger partial charge in [0.05, 0.1) is 22.6 Å². The van der Waals surface area contributed by atoms with Crippen molar-refractivity contribution in [1.29, 1.82) is 0 Å². The highest BCUT2D eigenvalue weighted by Gasteiger charge is 2.57. The summed E-state index contributed by atoms with van der Waals surface area (Å²) < 4.78 is 13.3. The van der Waals surface area contributed by atoms with Crippen molar-refractivity contribution in [2.75, 3.05) is 38.0 Å². The summed E-state index contributed by atoms with van der Waals surface area (Å²) in [6, 6.07) is 14.1. The fraction of sp³-hybridized carbons (Fsp3) is 0.628. The van der Waals surface area contributed by atoms with Gasteiger partial charge in [-0.15, -0.1) is 0 Å². The third kappa shape index (κ3) is 7.48. The van der Waals surface area contributed by atoms with Gasteiger partial charge in [-0.3, -0.25) is 29.4 Å². The first kappa shape index (κ1) is 38.2. The average molecular weight is 757 g/mol. The van der Waals surface area contributed by atoms with Crippen LogP contribution in [0.1, 0.15) is 111 Å². The minimum absolute atomic E-state index is 0.0325. The minimum Gasteiger partial charge on any atom is -0.349 e. The maximum atomic E-state index is 13.8. The lowest BCUT2D eigenvalue weighted by Crippen LogP contribution is -2.54. The van der Waals surface area contributed by atoms with Gasteiger partial charge in [0.2, 0.25) is 17.6 Å². The van der Waals surface area contributed by atoms with Crippen molar-refractivity contribution in [1.82, 2.24) is 15.1 Å². The number of carbonyl (C=O) groups is 4. The van der Waals surface area contributed by atoms with Crippen molar-refractivity contribution in [3.05, 3.63) is 65.2 Å². The van der Waals surface area contributed by atoms with E-state index < -0.39 is 11.2 Å². The second-order valence-corrected chi connectivity index (χ2v) is 16.9. The molecular weight excluding hydrogens is 700 g/mol. The van der Waals surface area contributed by atoms with Crippen LogP contribution in [0.15, 0.2) is 48.5 Å². The van der Waals surface area contributed by atoms with Gasteiger partial charge in [0.1, 0.15) is 6.10 Å². The number of hydrogen-bond donors (Lipinski definition) is 2. The lowest BCUT2D eigenvalue weighted by Gasteiger charge is -2.48. The molecule has 2 aromatic rings. The Morgan fingerprint density at radius 3 is 2.47 bits per heavy atom. The van der Waals surface area contributed by atoms with Crippen LogP contribution in [0.4, 0.5) is 5.69 Å². The number of nitrogens with zero attached hydrogens (tertiary/aromatic N) is 2. The number of benzene rings is 2. The summed E-state index contributed by atoms with van der Waals surface area (Å²) in [6.07, 6.45) is 8.56. The van der Waals surface area contributed by atoms with Gasteiger partial charge in [0.25, 0.3) is 11.8 Å². The average Bonchev–Trinajstić information content (AvgIpc) is 3.55. The number of anilines is 1. The van der Waals surface area contributed by atoms with Crippen molar-refractivity contribution in [3.63, 3.8) is 0 Å². The number of rotatable bonds is 9. The summed E-state index contributed by atoms with van der Waals surface area (Å²) in [5.41, 5.74) is 1.27. The van der Waals surface area contributed by atoms with Gasteiger partial charge in [-0.2, -0.15) is 0 Å². The van der Waals surface area contributed by atoms with E-state index in [1.165, 1.54) is 19.3 Å². The first-order chi connectivity index (χ1) is 26.6. The number of imide groups is 1. The predicted molar refractivity (Wildman–Crippen MR) is 204 cm³/mol. The molecule has 4 amide bonds. The fourth-order valence-corrected chi connectivity index (χ4v) is 10.4. The molecule has 1 aliphatic carbocycles. The number of ether oxygens (including phenoxy) is 2. The molecule has 5 saturated heterocycles. The largest absolute Gasteiger partial charge is 0.349 e. The molecule has 2 bridgehead atoms. The van der Waals surface area contributed by atoms with Crippen LogP contribution < -0.4 is 10.6 Å². The van der Waals surface area contributed by atoms with Crippen molar-refractivity contribution in [3.8, 4) is 0 Å². The van der Waals surface area contributed by atoms with Gasteiger partial charge in [0, 0.05) is 50.6 Å². The van der Waals surface area contributed by atoms with Crippen LogP contribution in [-0.4, -0.2) is 90.4 Å². The standard InChI is InChI=1S/C43H56N4O8/c1-4-43(21-19-35(48)45-41(43)51)29-14-16-30(17-15-29)44-38(49)32-10-5-6-11-33(32)39(50)47-25-23-46(24-26-47)22-8-13-34-27(2)31-12-7-9-28-18-20-42(3)53-40(52-34)36(31)37(28)54-55-42/h5-6,10-11,14-17,27-28,31,34,36-37,40H,4,7-9,12-13,18-26H2,1-3H3,(H,44,49)(H,45,48,51). The lowest BCUT2D eigenvalue weighted by molar-refractivity contribution is -0.431. The Morgan fingerprint density at radius 1 is 0.964 bits per heavy atom. The molecule has 5 aliphatic heterocycles. The summed E-state index contributed by atoms with van der Waals surface area (Å²) in [4.78, 5) is 68.2. The minimum atomic E-state index is -0.779.